The van der Waals surface area contributed by atoms with Crippen LogP contribution in [0.25, 0.3) is 0 Å². The SMILES string of the molecule is I.NC(=NCc1cccnc1OCC(F)F)Nc1ccc2c(c1)CCC2. The number of nitrogens with one attached hydrogen (secondary N) is 1. The van der Waals surface area contributed by atoms with Crippen LogP contribution in [0.4, 0.5) is 14.5 Å². The van der Waals surface area contributed by atoms with Crippen molar-refractivity contribution in [2.75, 3.05) is 11.9 Å². The van der Waals surface area contributed by atoms with Gasteiger partial charge in [0.25, 0.3) is 6.43 Å². The number of anilines is 1. The fourth-order valence-corrected chi connectivity index (χ4v) is 2.82. The third-order valence-corrected chi connectivity index (χ3v) is 3.99. The fourth-order valence-electron chi connectivity index (χ4n) is 2.82. The lowest BCUT2D eigenvalue weighted by Gasteiger charge is -2.10. The molecule has 1 aromatic heterocycles. The van der Waals surface area contributed by atoms with Gasteiger partial charge in [-0.25, -0.2) is 18.8 Å². The van der Waals surface area contributed by atoms with E-state index < -0.39 is 13.0 Å². The lowest BCUT2D eigenvalue weighted by Crippen LogP contribution is -2.22. The molecule has 26 heavy (non-hydrogen) atoms. The number of aliphatic imine (C=N–C) groups is 1. The first-order valence-corrected chi connectivity index (χ1v) is 8.15. The minimum atomic E-state index is -2.55. The van der Waals surface area contributed by atoms with Crippen LogP contribution in [-0.2, 0) is 19.4 Å². The Balaban J connectivity index is 0.00000243. The van der Waals surface area contributed by atoms with E-state index in [2.05, 4.69) is 27.4 Å². The zero-order valence-corrected chi connectivity index (χ0v) is 16.5. The molecule has 5 nitrogen and oxygen atoms in total. The number of ether oxygens (including phenoxy) is 1. The molecule has 1 aliphatic carbocycles. The second-order valence-electron chi connectivity index (χ2n) is 5.83. The summed E-state index contributed by atoms with van der Waals surface area (Å²) in [6.45, 7) is -0.507. The number of benzene rings is 1. The average molecular weight is 474 g/mol. The fraction of sp³-hybridized carbons (Fsp3) is 0.333. The number of alkyl halides is 2. The number of nitrogens with two attached hydrogens (primary N) is 1. The van der Waals surface area contributed by atoms with Crippen molar-refractivity contribution in [1.29, 1.82) is 0 Å². The van der Waals surface area contributed by atoms with Crippen molar-refractivity contribution in [1.82, 2.24) is 4.98 Å². The molecule has 0 fully saturated rings. The van der Waals surface area contributed by atoms with Gasteiger partial charge in [-0.3, -0.25) is 0 Å². The summed E-state index contributed by atoms with van der Waals surface area (Å²) in [6, 6.07) is 9.60. The summed E-state index contributed by atoms with van der Waals surface area (Å²) in [5.74, 6) is 0.401. The molecule has 0 unspecified atom stereocenters. The van der Waals surface area contributed by atoms with Crippen LogP contribution in [0.3, 0.4) is 0 Å². The maximum Gasteiger partial charge on any atom is 0.272 e. The summed E-state index contributed by atoms with van der Waals surface area (Å²) in [7, 11) is 0. The molecule has 0 amide bonds. The number of hydrogen-bond acceptors (Lipinski definition) is 3. The highest BCUT2D eigenvalue weighted by Gasteiger charge is 2.11. The number of nitrogens with zero attached hydrogens (tertiary/aromatic N) is 2. The van der Waals surface area contributed by atoms with E-state index in [-0.39, 0.29) is 42.4 Å². The first-order chi connectivity index (χ1) is 12.1. The number of aromatic nitrogens is 1. The topological polar surface area (TPSA) is 72.5 Å². The Kier molecular flexibility index (Phi) is 7.55. The van der Waals surface area contributed by atoms with Gasteiger partial charge < -0.3 is 15.8 Å². The first kappa shape index (κ1) is 20.3. The zero-order valence-electron chi connectivity index (χ0n) is 14.1. The number of rotatable bonds is 6. The Morgan fingerprint density at radius 2 is 2.08 bits per heavy atom. The summed E-state index contributed by atoms with van der Waals surface area (Å²) in [6.07, 6.45) is 2.33. The van der Waals surface area contributed by atoms with Gasteiger partial charge in [-0.05, 0) is 48.6 Å². The Morgan fingerprint density at radius 3 is 2.88 bits per heavy atom. The minimum Gasteiger partial charge on any atom is -0.471 e. The molecular formula is C18H21F2IN4O. The summed E-state index contributed by atoms with van der Waals surface area (Å²) < 4.78 is 29.6. The predicted octanol–water partition coefficient (Wildman–Crippen LogP) is 3.76. The maximum absolute atomic E-state index is 12.3. The van der Waals surface area contributed by atoms with Gasteiger partial charge in [-0.15, -0.1) is 24.0 Å². The zero-order chi connectivity index (χ0) is 17.6. The maximum atomic E-state index is 12.3. The van der Waals surface area contributed by atoms with Gasteiger partial charge in [0.15, 0.2) is 12.6 Å². The van der Waals surface area contributed by atoms with E-state index >= 15 is 0 Å². The molecule has 0 spiro atoms. The Morgan fingerprint density at radius 1 is 1.27 bits per heavy atom. The van der Waals surface area contributed by atoms with Crippen molar-refractivity contribution in [3.05, 3.63) is 53.2 Å². The molecule has 0 saturated heterocycles. The van der Waals surface area contributed by atoms with Crippen LogP contribution in [-0.4, -0.2) is 24.0 Å². The second kappa shape index (κ2) is 9.65. The largest absolute Gasteiger partial charge is 0.471 e. The van der Waals surface area contributed by atoms with Gasteiger partial charge in [-0.2, -0.15) is 0 Å². The standard InChI is InChI=1S/C18H20F2N4O.HI/c19-16(20)11-25-17-14(5-2-8-22-17)10-23-18(21)24-15-7-6-12-3-1-4-13(12)9-15;/h2,5-9,16H,1,3-4,10-11H2,(H3,21,23,24);1H. The van der Waals surface area contributed by atoms with Crippen LogP contribution in [0.15, 0.2) is 41.5 Å². The molecule has 0 saturated carbocycles. The van der Waals surface area contributed by atoms with Crippen molar-refractivity contribution in [2.45, 2.75) is 32.2 Å². The molecule has 3 rings (SSSR count). The highest BCUT2D eigenvalue weighted by molar-refractivity contribution is 14.0. The lowest BCUT2D eigenvalue weighted by molar-refractivity contribution is 0.0791. The quantitative estimate of drug-likeness (QED) is 0.380. The number of guanidine groups is 1. The van der Waals surface area contributed by atoms with Crippen LogP contribution in [0, 0.1) is 0 Å². The number of aryl methyl sites for hydroxylation is 2. The predicted molar refractivity (Wildman–Crippen MR) is 109 cm³/mol. The third kappa shape index (κ3) is 5.52. The molecule has 2 aromatic rings. The summed E-state index contributed by atoms with van der Waals surface area (Å²) in [4.78, 5) is 8.21. The highest BCUT2D eigenvalue weighted by Crippen LogP contribution is 2.24. The van der Waals surface area contributed by atoms with Gasteiger partial charge >= 0.3 is 0 Å². The van der Waals surface area contributed by atoms with Crippen LogP contribution in [0.5, 0.6) is 5.88 Å². The van der Waals surface area contributed by atoms with E-state index in [0.717, 1.165) is 18.5 Å². The van der Waals surface area contributed by atoms with E-state index in [1.807, 2.05) is 6.07 Å². The minimum absolute atomic E-state index is 0. The van der Waals surface area contributed by atoms with E-state index in [1.54, 1.807) is 12.1 Å². The van der Waals surface area contributed by atoms with Crippen LogP contribution in [0.2, 0.25) is 0 Å². The van der Waals surface area contributed by atoms with Crippen LogP contribution >= 0.6 is 24.0 Å². The Hall–Kier alpha value is -1.97. The molecule has 140 valence electrons. The molecule has 1 aromatic carbocycles. The van der Waals surface area contributed by atoms with Gasteiger partial charge in [-0.1, -0.05) is 12.1 Å². The molecule has 8 heteroatoms. The average Bonchev–Trinajstić information content (AvgIpc) is 3.06. The second-order valence-corrected chi connectivity index (χ2v) is 5.83. The summed E-state index contributed by atoms with van der Waals surface area (Å²) >= 11 is 0. The summed E-state index contributed by atoms with van der Waals surface area (Å²) in [5, 5.41) is 3.06. The van der Waals surface area contributed by atoms with Crippen LogP contribution in [0.1, 0.15) is 23.1 Å². The number of pyridine rings is 1. The third-order valence-electron chi connectivity index (χ3n) is 3.99. The first-order valence-electron chi connectivity index (χ1n) is 8.15. The van der Waals surface area contributed by atoms with Gasteiger partial charge in [0, 0.05) is 17.4 Å². The van der Waals surface area contributed by atoms with Gasteiger partial charge in [0.2, 0.25) is 5.88 Å². The molecule has 0 radical (unpaired) electrons. The van der Waals surface area contributed by atoms with Gasteiger partial charge in [0.05, 0.1) is 6.54 Å². The normalized spacial score (nSPS) is 13.3. The Bertz CT molecular complexity index is 771. The molecular weight excluding hydrogens is 453 g/mol. The molecule has 0 atom stereocenters. The Labute approximate surface area is 168 Å². The lowest BCUT2D eigenvalue weighted by atomic mass is 10.1. The van der Waals surface area contributed by atoms with E-state index in [0.29, 0.717) is 5.56 Å². The molecule has 3 N–H and O–H groups in total. The monoisotopic (exact) mass is 474 g/mol. The highest BCUT2D eigenvalue weighted by atomic mass is 127. The molecule has 1 heterocycles. The molecule has 1 aliphatic rings. The molecule has 0 aliphatic heterocycles. The van der Waals surface area contributed by atoms with Crippen molar-refractivity contribution in [2.24, 2.45) is 10.7 Å². The van der Waals surface area contributed by atoms with Crippen molar-refractivity contribution >= 4 is 35.6 Å². The van der Waals surface area contributed by atoms with Crippen molar-refractivity contribution in [3.63, 3.8) is 0 Å². The molecule has 0 bridgehead atoms. The number of halogens is 3. The van der Waals surface area contributed by atoms with E-state index in [9.17, 15) is 8.78 Å². The van der Waals surface area contributed by atoms with E-state index in [4.69, 9.17) is 10.5 Å². The number of hydrogen-bond donors (Lipinski definition) is 2. The van der Waals surface area contributed by atoms with Crippen molar-refractivity contribution < 1.29 is 13.5 Å². The smallest absolute Gasteiger partial charge is 0.272 e. The van der Waals surface area contributed by atoms with E-state index in [1.165, 1.54) is 23.7 Å². The van der Waals surface area contributed by atoms with Crippen molar-refractivity contribution in [3.8, 4) is 5.88 Å². The van der Waals surface area contributed by atoms with Crippen LogP contribution < -0.4 is 15.8 Å². The van der Waals surface area contributed by atoms with Gasteiger partial charge in [0.1, 0.15) is 0 Å². The number of fused-ring (bicyclic) bond motifs is 1. The summed E-state index contributed by atoms with van der Waals surface area (Å²) in [5.41, 5.74) is 10.1.